The number of carbonyl (C=O) groups excluding carboxylic acids is 2. The predicted octanol–water partition coefficient (Wildman–Crippen LogP) is 11.8. The number of ketones is 2. The lowest BCUT2D eigenvalue weighted by molar-refractivity contribution is -0.388. The summed E-state index contributed by atoms with van der Waals surface area (Å²) in [7, 11) is -16.0. The molecule has 24 nitrogen and oxygen atoms in total. The van der Waals surface area contributed by atoms with Crippen LogP contribution in [-0.4, -0.2) is 124 Å². The van der Waals surface area contributed by atoms with Gasteiger partial charge in [0.2, 0.25) is 51.5 Å². The Labute approximate surface area is 546 Å². The van der Waals surface area contributed by atoms with Crippen molar-refractivity contribution in [3.8, 4) is 22.6 Å². The molecule has 4 aromatic carbocycles. The Kier molecular flexibility index (Phi) is 24.1. The van der Waals surface area contributed by atoms with E-state index in [4.69, 9.17) is 8.83 Å². The highest BCUT2D eigenvalue weighted by Gasteiger charge is 2.34. The number of pyridine rings is 2. The predicted molar refractivity (Wildman–Crippen MR) is 352 cm³/mol. The summed E-state index contributed by atoms with van der Waals surface area (Å²) in [6.45, 7) is 9.65. The maximum atomic E-state index is 13.6. The van der Waals surface area contributed by atoms with Crippen LogP contribution in [-0.2, 0) is 40.1 Å². The van der Waals surface area contributed by atoms with Gasteiger partial charge < -0.3 is 8.83 Å². The van der Waals surface area contributed by atoms with Gasteiger partial charge >= 0.3 is 0 Å². The molecule has 89 heavy (non-hydrogen) atoms. The average molecular weight is 1590 g/mol. The fraction of sp³-hybridized carbons (Fsp3) is 0.214. The Morgan fingerprint density at radius 3 is 1.43 bits per heavy atom. The second-order valence-corrected chi connectivity index (χ2v) is 29.2. The summed E-state index contributed by atoms with van der Waals surface area (Å²) < 4.78 is 145. The van der Waals surface area contributed by atoms with Crippen LogP contribution in [0.1, 0.15) is 47.4 Å². The molecule has 0 amide bonds. The van der Waals surface area contributed by atoms with Crippen LogP contribution in [0.4, 0.5) is 31.8 Å². The van der Waals surface area contributed by atoms with E-state index in [2.05, 4.69) is 43.8 Å². The largest absolute Gasteiger partial charge is 0.437 e. The van der Waals surface area contributed by atoms with Crippen molar-refractivity contribution in [3.63, 3.8) is 0 Å². The SMILES string of the molecule is C=CCN(CCBr)S(=O)(=O)c1ccccc1[N+](=O)[O-].C=CCN(CCN(c1nc2oc(-c3ccc(F)cc3)c(C(=O)CC)c2cc1I)S(C)(=O)=O)S(=O)(=O)c1ccccc1[N+](=O)[O-].CCC(=O)c1c(-c2ccc(F)cc2)oc2nc(NS(C)(=O)=O)c(I)cc12. The summed E-state index contributed by atoms with van der Waals surface area (Å²) in [6, 6.07) is 24.2. The lowest BCUT2D eigenvalue weighted by Crippen LogP contribution is -2.41. The molecule has 1 N–H and O–H groups in total. The number of carbonyl (C=O) groups is 2. The zero-order valence-corrected chi connectivity index (χ0v) is 56.5. The average Bonchev–Trinajstić information content (AvgIpc) is 1.70. The van der Waals surface area contributed by atoms with Gasteiger partial charge in [-0.05, 0) is 118 Å². The third-order valence-electron chi connectivity index (χ3n) is 12.5. The number of furan rings is 2. The summed E-state index contributed by atoms with van der Waals surface area (Å²) in [6.07, 6.45) is 5.04. The van der Waals surface area contributed by atoms with E-state index in [-0.39, 0.29) is 89.1 Å². The van der Waals surface area contributed by atoms with Gasteiger partial charge in [-0.15, -0.1) is 13.2 Å². The Hall–Kier alpha value is -7.00. The number of nitrogens with zero attached hydrogens (tertiary/aromatic N) is 7. The zero-order valence-electron chi connectivity index (χ0n) is 47.3. The number of nitro benzene ring substituents is 2. The molecule has 0 saturated carbocycles. The molecular weight excluding hydrogens is 1540 g/mol. The first kappa shape index (κ1) is 71.1. The molecule has 0 aliphatic carbocycles. The number of rotatable bonds is 25. The molecule has 8 aromatic rings. The first-order valence-electron chi connectivity index (χ1n) is 25.9. The Bertz CT molecular complexity index is 4500. The van der Waals surface area contributed by atoms with Gasteiger partial charge in [-0.3, -0.25) is 38.8 Å². The third kappa shape index (κ3) is 17.1. The number of nitro groups is 2. The minimum absolute atomic E-state index is 0.0549. The van der Waals surface area contributed by atoms with Crippen molar-refractivity contribution in [1.82, 2.24) is 18.6 Å². The van der Waals surface area contributed by atoms with E-state index >= 15 is 0 Å². The summed E-state index contributed by atoms with van der Waals surface area (Å²) in [5, 5.41) is 23.7. The molecular formula is C56H53BrF2I2N8O16S4. The fourth-order valence-corrected chi connectivity index (χ4v) is 15.3. The van der Waals surface area contributed by atoms with Crippen LogP contribution in [0.5, 0.6) is 0 Å². The van der Waals surface area contributed by atoms with Crippen molar-refractivity contribution in [2.24, 2.45) is 0 Å². The number of halogens is 5. The molecule has 0 unspecified atom stereocenters. The van der Waals surface area contributed by atoms with Crippen LogP contribution in [0.3, 0.4) is 0 Å². The number of nitrogens with one attached hydrogen (secondary N) is 1. The molecule has 0 radical (unpaired) electrons. The highest BCUT2D eigenvalue weighted by Crippen LogP contribution is 2.39. The highest BCUT2D eigenvalue weighted by atomic mass is 127. The number of hydrogen-bond donors (Lipinski definition) is 1. The van der Waals surface area contributed by atoms with Gasteiger partial charge in [0.1, 0.15) is 23.2 Å². The van der Waals surface area contributed by atoms with E-state index in [0.717, 1.165) is 37.6 Å². The molecule has 33 heteroatoms. The Morgan fingerprint density at radius 1 is 0.640 bits per heavy atom. The normalized spacial score (nSPS) is 11.8. The van der Waals surface area contributed by atoms with Gasteiger partial charge in [-0.1, -0.05) is 66.2 Å². The number of aromatic nitrogens is 2. The summed E-state index contributed by atoms with van der Waals surface area (Å²) in [4.78, 5) is 54.2. The van der Waals surface area contributed by atoms with Gasteiger partial charge in [0.05, 0.1) is 51.4 Å². The number of fused-ring (bicyclic) bond motifs is 2. The van der Waals surface area contributed by atoms with Crippen LogP contribution in [0, 0.1) is 39.0 Å². The first-order valence-corrected chi connectivity index (χ1v) is 35.8. The lowest BCUT2D eigenvalue weighted by Gasteiger charge is -2.26. The van der Waals surface area contributed by atoms with Crippen molar-refractivity contribution >= 4 is 158 Å². The molecule has 0 bridgehead atoms. The molecule has 0 aliphatic rings. The number of anilines is 2. The van der Waals surface area contributed by atoms with Crippen molar-refractivity contribution in [2.45, 2.75) is 36.5 Å². The summed E-state index contributed by atoms with van der Waals surface area (Å²) in [5.41, 5.74) is 0.539. The molecule has 472 valence electrons. The summed E-state index contributed by atoms with van der Waals surface area (Å²) >= 11 is 6.96. The Morgan fingerprint density at radius 2 is 1.04 bits per heavy atom. The van der Waals surface area contributed by atoms with Crippen molar-refractivity contribution in [1.29, 1.82) is 0 Å². The minimum Gasteiger partial charge on any atom is -0.437 e. The van der Waals surface area contributed by atoms with E-state index in [1.54, 1.807) is 26.0 Å². The van der Waals surface area contributed by atoms with Gasteiger partial charge in [-0.25, -0.2) is 42.5 Å². The van der Waals surface area contributed by atoms with E-state index in [9.17, 15) is 72.3 Å². The van der Waals surface area contributed by atoms with E-state index in [1.807, 2.05) is 45.2 Å². The third-order valence-corrected chi connectivity index (χ3v) is 20.0. The van der Waals surface area contributed by atoms with Gasteiger partial charge in [0.15, 0.2) is 33.0 Å². The molecule has 4 aromatic heterocycles. The smallest absolute Gasteiger partial charge is 0.289 e. The lowest BCUT2D eigenvalue weighted by atomic mass is 10.0. The number of para-hydroxylation sites is 2. The van der Waals surface area contributed by atoms with Gasteiger partial charge in [0.25, 0.3) is 11.4 Å². The molecule has 0 spiro atoms. The highest BCUT2D eigenvalue weighted by molar-refractivity contribution is 14.1. The van der Waals surface area contributed by atoms with Crippen molar-refractivity contribution in [3.05, 3.63) is 185 Å². The van der Waals surface area contributed by atoms with Crippen molar-refractivity contribution < 1.29 is 70.7 Å². The van der Waals surface area contributed by atoms with Crippen LogP contribution in [0.15, 0.2) is 153 Å². The molecule has 0 aliphatic heterocycles. The number of alkyl halides is 1. The van der Waals surface area contributed by atoms with Crippen LogP contribution in [0.2, 0.25) is 0 Å². The molecule has 0 atom stereocenters. The van der Waals surface area contributed by atoms with Gasteiger partial charge in [-0.2, -0.15) is 18.6 Å². The first-order chi connectivity index (χ1) is 41.8. The molecule has 0 saturated heterocycles. The van der Waals surface area contributed by atoms with Gasteiger partial charge in [0, 0.05) is 74.2 Å². The second kappa shape index (κ2) is 30.2. The zero-order chi connectivity index (χ0) is 65.9. The summed E-state index contributed by atoms with van der Waals surface area (Å²) in [5.74, 6) is -0.842. The maximum Gasteiger partial charge on any atom is 0.289 e. The second-order valence-electron chi connectivity index (χ2n) is 18.6. The minimum atomic E-state index is -4.46. The molecule has 0 fully saturated rings. The van der Waals surface area contributed by atoms with Crippen LogP contribution >= 0.6 is 61.1 Å². The van der Waals surface area contributed by atoms with Crippen molar-refractivity contribution in [2.75, 3.05) is 59.6 Å². The van der Waals surface area contributed by atoms with E-state index in [1.165, 1.54) is 97.1 Å². The molecule has 8 rings (SSSR count). The van der Waals surface area contributed by atoms with E-state index in [0.29, 0.717) is 39.9 Å². The molecule has 4 heterocycles. The Balaban J connectivity index is 0.000000236. The number of sulfonamides is 4. The monoisotopic (exact) mass is 1590 g/mol. The van der Waals surface area contributed by atoms with E-state index < -0.39 is 90.9 Å². The number of hydrogen-bond acceptors (Lipinski definition) is 18. The number of benzene rings is 4. The topological polar surface area (TPSA) is 331 Å². The fourth-order valence-electron chi connectivity index (χ4n) is 8.49. The quantitative estimate of drug-likeness (QED) is 0.0139. The standard InChI is InChI=1S/C28H26FIN4O8S2.C17H14FIN2O4S.C11H13BrN2O4S/c1-4-14-32(44(40,41)24-9-7-6-8-22(24)34(36)37)15-16-33(43(3,38)39)27-21(30)17-20-25(23(35)5-2)26(42-28(20)31-27)18-10-12-19(29)13-11-18;1-3-13(22)14-11-8-12(19)16(21-26(2,23)24)20-17(11)25-15(14)9-4-6-10(18)7-5-9;1-2-8-13(9-7-12)19(17,18)11-6-4-3-5-10(11)14(15)16/h4,6-13,17H,1,5,14-16H2,2-3H3;4-8H,3H2,1-2H3,(H,20,21);2-6H,1,7-9H2. The number of Topliss-reactive ketones (excluding diaryl/α,β-unsaturated/α-hetero) is 2. The van der Waals surface area contributed by atoms with Crippen LogP contribution in [0.25, 0.3) is 44.8 Å². The maximum absolute atomic E-state index is 13.6. The van der Waals surface area contributed by atoms with Crippen LogP contribution < -0.4 is 9.03 Å².